The van der Waals surface area contributed by atoms with Gasteiger partial charge in [-0.15, -0.1) is 0 Å². The summed E-state index contributed by atoms with van der Waals surface area (Å²) in [4.78, 5) is 26.2. The molecule has 0 spiro atoms. The lowest BCUT2D eigenvalue weighted by atomic mass is 10.3. The number of non-ortho nitro benzene ring substituents is 1. The number of carbonyl (C=O) groups excluding carboxylic acids is 1. The number of hydrogen-bond acceptors (Lipinski definition) is 7. The molecule has 23 heavy (non-hydrogen) atoms. The number of nitro benzene ring substituents is 1. The first-order valence-corrected chi connectivity index (χ1v) is 7.54. The first-order chi connectivity index (χ1) is 11.0. The minimum Gasteiger partial charge on any atom is -0.434 e. The van der Waals surface area contributed by atoms with Gasteiger partial charge in [0, 0.05) is 44.9 Å². The largest absolute Gasteiger partial charge is 0.513 e. The van der Waals surface area contributed by atoms with Gasteiger partial charge in [0.25, 0.3) is 5.69 Å². The van der Waals surface area contributed by atoms with Crippen molar-refractivity contribution in [3.63, 3.8) is 0 Å². The van der Waals surface area contributed by atoms with E-state index in [1.165, 1.54) is 24.3 Å². The van der Waals surface area contributed by atoms with E-state index in [1.54, 1.807) is 0 Å². The van der Waals surface area contributed by atoms with Crippen LogP contribution in [-0.2, 0) is 4.74 Å². The lowest BCUT2D eigenvalue weighted by Gasteiger charge is -2.32. The van der Waals surface area contributed by atoms with E-state index in [0.717, 1.165) is 39.1 Å². The predicted molar refractivity (Wildman–Crippen MR) is 83.6 cm³/mol. The molecule has 0 atom stereocenters. The topological polar surface area (TPSA) is 85.2 Å². The molecule has 1 aliphatic rings. The molecule has 1 aliphatic heterocycles. The Morgan fingerprint density at radius 3 is 2.48 bits per heavy atom. The van der Waals surface area contributed by atoms with Crippen molar-refractivity contribution < 1.29 is 19.2 Å². The van der Waals surface area contributed by atoms with Crippen molar-refractivity contribution in [3.05, 3.63) is 34.4 Å². The molecule has 0 amide bonds. The molecule has 1 aromatic carbocycles. The van der Waals surface area contributed by atoms with Crippen molar-refractivity contribution >= 4 is 11.8 Å². The van der Waals surface area contributed by atoms with Crippen LogP contribution in [0.1, 0.15) is 6.42 Å². The molecular weight excluding hydrogens is 302 g/mol. The molecule has 1 fully saturated rings. The number of hydrogen-bond donors (Lipinski definition) is 0. The second kappa shape index (κ2) is 8.44. The smallest absolute Gasteiger partial charge is 0.434 e. The lowest BCUT2D eigenvalue weighted by molar-refractivity contribution is -0.384. The predicted octanol–water partition coefficient (Wildman–Crippen LogP) is 1.75. The van der Waals surface area contributed by atoms with Crippen LogP contribution in [0.15, 0.2) is 24.3 Å². The van der Waals surface area contributed by atoms with Gasteiger partial charge in [-0.25, -0.2) is 4.79 Å². The maximum absolute atomic E-state index is 11.5. The average Bonchev–Trinajstić information content (AvgIpc) is 2.54. The number of nitrogens with zero attached hydrogens (tertiary/aromatic N) is 3. The van der Waals surface area contributed by atoms with Crippen molar-refractivity contribution in [2.75, 3.05) is 46.4 Å². The molecule has 8 nitrogen and oxygen atoms in total. The summed E-state index contributed by atoms with van der Waals surface area (Å²) in [7, 11) is 2.11. The molecular formula is C15H21N3O5. The zero-order valence-corrected chi connectivity index (χ0v) is 13.1. The minimum atomic E-state index is -0.794. The van der Waals surface area contributed by atoms with Crippen molar-refractivity contribution in [2.45, 2.75) is 6.42 Å². The Kier molecular flexibility index (Phi) is 6.30. The number of carbonyl (C=O) groups is 1. The Morgan fingerprint density at radius 1 is 1.22 bits per heavy atom. The Morgan fingerprint density at radius 2 is 1.87 bits per heavy atom. The van der Waals surface area contributed by atoms with E-state index in [9.17, 15) is 14.9 Å². The zero-order chi connectivity index (χ0) is 16.7. The minimum absolute atomic E-state index is 0.0575. The number of benzene rings is 1. The summed E-state index contributed by atoms with van der Waals surface area (Å²) in [6, 6.07) is 5.28. The van der Waals surface area contributed by atoms with E-state index in [2.05, 4.69) is 16.8 Å². The van der Waals surface area contributed by atoms with Gasteiger partial charge >= 0.3 is 6.16 Å². The summed E-state index contributed by atoms with van der Waals surface area (Å²) in [5.41, 5.74) is -0.0575. The molecule has 0 unspecified atom stereocenters. The van der Waals surface area contributed by atoms with Gasteiger partial charge in [-0.2, -0.15) is 0 Å². The van der Waals surface area contributed by atoms with Gasteiger partial charge in [0.2, 0.25) is 0 Å². The van der Waals surface area contributed by atoms with Crippen LogP contribution in [0, 0.1) is 10.1 Å². The first-order valence-electron chi connectivity index (χ1n) is 7.54. The zero-order valence-electron chi connectivity index (χ0n) is 13.1. The fourth-order valence-corrected chi connectivity index (χ4v) is 2.28. The van der Waals surface area contributed by atoms with Gasteiger partial charge in [-0.3, -0.25) is 10.1 Å². The Labute approximate surface area is 134 Å². The SMILES string of the molecule is CN1CCN(CCCOC(=O)Oc2ccc([N+](=O)[O-])cc2)CC1. The molecule has 0 radical (unpaired) electrons. The highest BCUT2D eigenvalue weighted by Crippen LogP contribution is 2.17. The average molecular weight is 323 g/mol. The quantitative estimate of drug-likeness (QED) is 0.259. The fraction of sp³-hybridized carbons (Fsp3) is 0.533. The van der Waals surface area contributed by atoms with Crippen molar-refractivity contribution in [3.8, 4) is 5.75 Å². The summed E-state index contributed by atoms with van der Waals surface area (Å²) in [5, 5.41) is 10.5. The van der Waals surface area contributed by atoms with E-state index in [4.69, 9.17) is 9.47 Å². The van der Waals surface area contributed by atoms with E-state index < -0.39 is 11.1 Å². The van der Waals surface area contributed by atoms with Gasteiger partial charge in [0.05, 0.1) is 11.5 Å². The number of rotatable bonds is 6. The summed E-state index contributed by atoms with van der Waals surface area (Å²) in [6.45, 7) is 5.36. The lowest BCUT2D eigenvalue weighted by Crippen LogP contribution is -2.44. The van der Waals surface area contributed by atoms with Crippen molar-refractivity contribution in [1.82, 2.24) is 9.80 Å². The molecule has 0 saturated carbocycles. The maximum atomic E-state index is 11.5. The second-order valence-corrected chi connectivity index (χ2v) is 5.45. The van der Waals surface area contributed by atoms with E-state index in [0.29, 0.717) is 0 Å². The van der Waals surface area contributed by atoms with Crippen LogP contribution < -0.4 is 4.74 Å². The van der Waals surface area contributed by atoms with Crippen molar-refractivity contribution in [2.24, 2.45) is 0 Å². The summed E-state index contributed by atoms with van der Waals surface area (Å²) >= 11 is 0. The molecule has 1 aromatic rings. The summed E-state index contributed by atoms with van der Waals surface area (Å²) < 4.78 is 9.95. The van der Waals surface area contributed by atoms with E-state index in [1.807, 2.05) is 0 Å². The fourth-order valence-electron chi connectivity index (χ4n) is 2.28. The molecule has 0 bridgehead atoms. The Hall–Kier alpha value is -2.19. The highest BCUT2D eigenvalue weighted by Gasteiger charge is 2.13. The molecule has 0 aromatic heterocycles. The Bertz CT molecular complexity index is 526. The van der Waals surface area contributed by atoms with E-state index >= 15 is 0 Å². The molecule has 1 heterocycles. The third kappa shape index (κ3) is 5.84. The molecule has 0 aliphatic carbocycles. The summed E-state index contributed by atoms with van der Waals surface area (Å²) in [6.07, 6.45) is -0.0451. The van der Waals surface area contributed by atoms with E-state index in [-0.39, 0.29) is 18.0 Å². The van der Waals surface area contributed by atoms with Crippen LogP contribution in [0.3, 0.4) is 0 Å². The highest BCUT2D eigenvalue weighted by molar-refractivity contribution is 5.63. The van der Waals surface area contributed by atoms with Gasteiger partial charge in [0.1, 0.15) is 5.75 Å². The van der Waals surface area contributed by atoms with Gasteiger partial charge in [-0.1, -0.05) is 0 Å². The van der Waals surface area contributed by atoms with Gasteiger partial charge < -0.3 is 19.3 Å². The first kappa shape index (κ1) is 17.2. The van der Waals surface area contributed by atoms with Crippen LogP contribution in [0.4, 0.5) is 10.5 Å². The third-order valence-corrected chi connectivity index (χ3v) is 3.68. The second-order valence-electron chi connectivity index (χ2n) is 5.45. The number of nitro groups is 1. The highest BCUT2D eigenvalue weighted by atomic mass is 16.7. The Balaban J connectivity index is 1.62. The number of piperazine rings is 1. The monoisotopic (exact) mass is 323 g/mol. The molecule has 8 heteroatoms. The standard InChI is InChI=1S/C15H21N3O5/c1-16-8-10-17(11-9-16)7-2-12-22-15(19)23-14-5-3-13(4-6-14)18(20)21/h3-6H,2,7-12H2,1H3. The molecule has 1 saturated heterocycles. The third-order valence-electron chi connectivity index (χ3n) is 3.68. The van der Waals surface area contributed by atoms with Crippen LogP contribution in [0.5, 0.6) is 5.75 Å². The molecule has 126 valence electrons. The van der Waals surface area contributed by atoms with Gasteiger partial charge in [-0.05, 0) is 25.6 Å². The van der Waals surface area contributed by atoms with Crippen LogP contribution >= 0.6 is 0 Å². The van der Waals surface area contributed by atoms with Crippen molar-refractivity contribution in [1.29, 1.82) is 0 Å². The molecule has 0 N–H and O–H groups in total. The normalized spacial score (nSPS) is 16.0. The molecule has 2 rings (SSSR count). The van der Waals surface area contributed by atoms with Crippen LogP contribution in [0.25, 0.3) is 0 Å². The number of ether oxygens (including phenoxy) is 2. The van der Waals surface area contributed by atoms with Crippen LogP contribution in [0.2, 0.25) is 0 Å². The van der Waals surface area contributed by atoms with Crippen LogP contribution in [-0.4, -0.2) is 67.3 Å². The van der Waals surface area contributed by atoms with Gasteiger partial charge in [0.15, 0.2) is 0 Å². The number of likely N-dealkylation sites (N-methyl/N-ethyl adjacent to an activating group) is 1. The maximum Gasteiger partial charge on any atom is 0.513 e. The summed E-state index contributed by atoms with van der Waals surface area (Å²) in [5.74, 6) is 0.222.